The Morgan fingerprint density at radius 3 is 2.57 bits per heavy atom. The molecule has 1 aromatic carbocycles. The summed E-state index contributed by atoms with van der Waals surface area (Å²) in [4.78, 5) is 14.0. The van der Waals surface area contributed by atoms with E-state index in [1.165, 1.54) is 6.42 Å². The zero-order valence-electron chi connectivity index (χ0n) is 12.5. The molecule has 21 heavy (non-hydrogen) atoms. The van der Waals surface area contributed by atoms with Crippen LogP contribution >= 0.6 is 0 Å². The second-order valence-electron chi connectivity index (χ2n) is 6.10. The van der Waals surface area contributed by atoms with E-state index in [1.54, 1.807) is 0 Å². The van der Waals surface area contributed by atoms with Crippen LogP contribution in [0, 0.1) is 17.8 Å². The van der Waals surface area contributed by atoms with Crippen molar-refractivity contribution in [3.63, 3.8) is 0 Å². The molecule has 0 spiro atoms. The maximum atomic E-state index is 12.0. The number of nitrogens with zero attached hydrogens (tertiary/aromatic N) is 2. The van der Waals surface area contributed by atoms with Crippen LogP contribution in [0.1, 0.15) is 23.2 Å². The predicted octanol–water partition coefficient (Wildman–Crippen LogP) is 2.68. The SMILES string of the molecule is CN(C)c1ccc(C(=O)N/N=C/C2CC3C=CC2C3)cc1. The van der Waals surface area contributed by atoms with Crippen molar-refractivity contribution < 1.29 is 4.79 Å². The van der Waals surface area contributed by atoms with Crippen LogP contribution in [0.2, 0.25) is 0 Å². The topological polar surface area (TPSA) is 44.7 Å². The summed E-state index contributed by atoms with van der Waals surface area (Å²) in [6.45, 7) is 0. The number of allylic oxidation sites excluding steroid dienone is 2. The number of amides is 1. The van der Waals surface area contributed by atoms with Crippen LogP contribution in [0.4, 0.5) is 5.69 Å². The van der Waals surface area contributed by atoms with Crippen LogP contribution in [0.15, 0.2) is 41.5 Å². The molecule has 0 radical (unpaired) electrons. The highest BCUT2D eigenvalue weighted by atomic mass is 16.2. The number of nitrogens with one attached hydrogen (secondary N) is 1. The zero-order valence-corrected chi connectivity index (χ0v) is 12.5. The summed E-state index contributed by atoms with van der Waals surface area (Å²) in [6, 6.07) is 7.50. The highest BCUT2D eigenvalue weighted by Gasteiger charge is 2.34. The molecule has 1 fully saturated rings. The van der Waals surface area contributed by atoms with E-state index in [2.05, 4.69) is 22.7 Å². The van der Waals surface area contributed by atoms with Crippen molar-refractivity contribution in [2.45, 2.75) is 12.8 Å². The number of carbonyl (C=O) groups excluding carboxylic acids is 1. The monoisotopic (exact) mass is 283 g/mol. The van der Waals surface area contributed by atoms with E-state index in [1.807, 2.05) is 49.5 Å². The molecule has 0 saturated heterocycles. The van der Waals surface area contributed by atoms with Crippen LogP contribution in [-0.2, 0) is 0 Å². The molecule has 1 amide bonds. The van der Waals surface area contributed by atoms with Gasteiger partial charge in [-0.1, -0.05) is 12.2 Å². The fourth-order valence-corrected chi connectivity index (χ4v) is 3.16. The minimum Gasteiger partial charge on any atom is -0.378 e. The first kappa shape index (κ1) is 13.9. The number of anilines is 1. The van der Waals surface area contributed by atoms with Gasteiger partial charge in [0.25, 0.3) is 5.91 Å². The fourth-order valence-electron chi connectivity index (χ4n) is 3.16. The van der Waals surface area contributed by atoms with E-state index < -0.39 is 0 Å². The second kappa shape index (κ2) is 5.72. The number of hydrogen-bond donors (Lipinski definition) is 1. The van der Waals surface area contributed by atoms with E-state index in [9.17, 15) is 4.79 Å². The largest absolute Gasteiger partial charge is 0.378 e. The quantitative estimate of drug-likeness (QED) is 0.524. The first-order valence-corrected chi connectivity index (χ1v) is 7.42. The van der Waals surface area contributed by atoms with Crippen molar-refractivity contribution >= 4 is 17.8 Å². The Labute approximate surface area is 125 Å². The van der Waals surface area contributed by atoms with Gasteiger partial charge in [0.1, 0.15) is 0 Å². The summed E-state index contributed by atoms with van der Waals surface area (Å²) < 4.78 is 0. The molecule has 2 aliphatic carbocycles. The predicted molar refractivity (Wildman–Crippen MR) is 85.6 cm³/mol. The van der Waals surface area contributed by atoms with Crippen LogP contribution in [0.25, 0.3) is 0 Å². The van der Waals surface area contributed by atoms with E-state index >= 15 is 0 Å². The molecule has 0 aliphatic heterocycles. The summed E-state index contributed by atoms with van der Waals surface area (Å²) in [6.07, 6.45) is 8.90. The molecule has 1 aromatic rings. The molecular formula is C17H21N3O. The van der Waals surface area contributed by atoms with Gasteiger partial charge in [-0.15, -0.1) is 0 Å². The maximum absolute atomic E-state index is 12.0. The molecule has 2 aliphatic rings. The van der Waals surface area contributed by atoms with Gasteiger partial charge in [0, 0.05) is 37.5 Å². The van der Waals surface area contributed by atoms with Gasteiger partial charge < -0.3 is 4.90 Å². The van der Waals surface area contributed by atoms with E-state index in [4.69, 9.17) is 0 Å². The van der Waals surface area contributed by atoms with Crippen molar-refractivity contribution in [3.8, 4) is 0 Å². The third kappa shape index (κ3) is 2.99. The van der Waals surface area contributed by atoms with Crippen molar-refractivity contribution in [2.75, 3.05) is 19.0 Å². The Kier molecular flexibility index (Phi) is 3.78. The molecule has 2 bridgehead atoms. The van der Waals surface area contributed by atoms with Gasteiger partial charge in [-0.3, -0.25) is 4.79 Å². The fraction of sp³-hybridized carbons (Fsp3) is 0.412. The first-order chi connectivity index (χ1) is 10.1. The van der Waals surface area contributed by atoms with Gasteiger partial charge in [0.05, 0.1) is 0 Å². The van der Waals surface area contributed by atoms with Crippen LogP contribution < -0.4 is 10.3 Å². The van der Waals surface area contributed by atoms with E-state index in [-0.39, 0.29) is 5.91 Å². The lowest BCUT2D eigenvalue weighted by molar-refractivity contribution is 0.0955. The summed E-state index contributed by atoms with van der Waals surface area (Å²) >= 11 is 0. The van der Waals surface area contributed by atoms with Crippen LogP contribution in [-0.4, -0.2) is 26.2 Å². The molecule has 110 valence electrons. The summed E-state index contributed by atoms with van der Waals surface area (Å²) in [5, 5.41) is 4.14. The molecule has 4 nitrogen and oxygen atoms in total. The smallest absolute Gasteiger partial charge is 0.271 e. The summed E-state index contributed by atoms with van der Waals surface area (Å²) in [5.41, 5.74) is 4.33. The number of benzene rings is 1. The minimum absolute atomic E-state index is 0.157. The highest BCUT2D eigenvalue weighted by Crippen LogP contribution is 2.42. The lowest BCUT2D eigenvalue weighted by atomic mass is 9.95. The molecule has 1 N–H and O–H groups in total. The molecule has 4 heteroatoms. The average molecular weight is 283 g/mol. The molecule has 3 rings (SSSR count). The minimum atomic E-state index is -0.157. The summed E-state index contributed by atoms with van der Waals surface area (Å²) in [5.74, 6) is 1.67. The van der Waals surface area contributed by atoms with Crippen molar-refractivity contribution in [3.05, 3.63) is 42.0 Å². The Balaban J connectivity index is 1.55. The Bertz CT molecular complexity index is 574. The standard InChI is InChI=1S/C17H21N3O/c1-20(2)16-7-5-13(6-8-16)17(21)19-18-11-15-10-12-3-4-14(15)9-12/h3-8,11-12,14-15H,9-10H2,1-2H3,(H,19,21)/b18-11+. The van der Waals surface area contributed by atoms with Gasteiger partial charge in [-0.05, 0) is 48.9 Å². The molecule has 3 atom stereocenters. The molecule has 1 saturated carbocycles. The van der Waals surface area contributed by atoms with Gasteiger partial charge in [-0.25, -0.2) is 5.43 Å². The third-order valence-electron chi connectivity index (χ3n) is 4.41. The Hall–Kier alpha value is -2.10. The van der Waals surface area contributed by atoms with Crippen molar-refractivity contribution in [1.29, 1.82) is 0 Å². The molecule has 0 heterocycles. The number of rotatable bonds is 4. The molecule has 3 unspecified atom stereocenters. The number of hydrogen-bond acceptors (Lipinski definition) is 3. The maximum Gasteiger partial charge on any atom is 0.271 e. The molecule has 0 aromatic heterocycles. The van der Waals surface area contributed by atoms with Gasteiger partial charge in [0.2, 0.25) is 0 Å². The number of hydrazone groups is 1. The Morgan fingerprint density at radius 2 is 2.00 bits per heavy atom. The van der Waals surface area contributed by atoms with Crippen LogP contribution in [0.5, 0.6) is 0 Å². The number of carbonyl (C=O) groups is 1. The lowest BCUT2D eigenvalue weighted by Crippen LogP contribution is -2.19. The van der Waals surface area contributed by atoms with E-state index in [0.29, 0.717) is 17.4 Å². The van der Waals surface area contributed by atoms with Crippen LogP contribution in [0.3, 0.4) is 0 Å². The Morgan fingerprint density at radius 1 is 1.24 bits per heavy atom. The summed E-state index contributed by atoms with van der Waals surface area (Å²) in [7, 11) is 3.95. The van der Waals surface area contributed by atoms with Crippen molar-refractivity contribution in [2.24, 2.45) is 22.9 Å². The normalized spacial score (nSPS) is 26.5. The number of fused-ring (bicyclic) bond motifs is 2. The average Bonchev–Trinajstić information content (AvgIpc) is 3.10. The highest BCUT2D eigenvalue weighted by molar-refractivity contribution is 5.94. The van der Waals surface area contributed by atoms with Crippen molar-refractivity contribution in [1.82, 2.24) is 5.43 Å². The second-order valence-corrected chi connectivity index (χ2v) is 6.10. The molecular weight excluding hydrogens is 262 g/mol. The van der Waals surface area contributed by atoms with Gasteiger partial charge in [-0.2, -0.15) is 5.10 Å². The van der Waals surface area contributed by atoms with Gasteiger partial charge >= 0.3 is 0 Å². The lowest BCUT2D eigenvalue weighted by Gasteiger charge is -2.13. The first-order valence-electron chi connectivity index (χ1n) is 7.42. The third-order valence-corrected chi connectivity index (χ3v) is 4.41. The zero-order chi connectivity index (χ0) is 14.8. The van der Waals surface area contributed by atoms with Gasteiger partial charge in [0.15, 0.2) is 0 Å². The van der Waals surface area contributed by atoms with E-state index in [0.717, 1.165) is 18.0 Å².